The highest BCUT2D eigenvalue weighted by Crippen LogP contribution is 2.29. The Hall–Kier alpha value is -1.77. The second-order valence-corrected chi connectivity index (χ2v) is 3.80. The molecule has 0 amide bonds. The van der Waals surface area contributed by atoms with Crippen molar-refractivity contribution in [3.05, 3.63) is 47.7 Å². The molecule has 0 fully saturated rings. The van der Waals surface area contributed by atoms with Gasteiger partial charge in [0.2, 0.25) is 0 Å². The second kappa shape index (κ2) is 4.84. The average molecular weight is 217 g/mol. The van der Waals surface area contributed by atoms with Crippen molar-refractivity contribution < 1.29 is 9.53 Å². The highest BCUT2D eigenvalue weighted by molar-refractivity contribution is 5.90. The van der Waals surface area contributed by atoms with Crippen LogP contribution in [0.15, 0.2) is 42.1 Å². The third-order valence-corrected chi connectivity index (χ3v) is 2.83. The first-order valence-corrected chi connectivity index (χ1v) is 5.39. The highest BCUT2D eigenvalue weighted by Gasteiger charge is 2.25. The van der Waals surface area contributed by atoms with E-state index in [4.69, 9.17) is 4.74 Å². The molecule has 16 heavy (non-hydrogen) atoms. The first kappa shape index (κ1) is 10.7. The lowest BCUT2D eigenvalue weighted by molar-refractivity contribution is -0.136. The van der Waals surface area contributed by atoms with Crippen LogP contribution in [0.4, 0.5) is 0 Å². The highest BCUT2D eigenvalue weighted by atomic mass is 16.5. The molecule has 0 saturated carbocycles. The van der Waals surface area contributed by atoms with Gasteiger partial charge in [-0.25, -0.2) is 4.79 Å². The lowest BCUT2D eigenvalue weighted by Gasteiger charge is -2.23. The van der Waals surface area contributed by atoms with Crippen LogP contribution in [0.3, 0.4) is 0 Å². The van der Waals surface area contributed by atoms with Crippen LogP contribution in [-0.4, -0.2) is 19.6 Å². The van der Waals surface area contributed by atoms with Crippen molar-refractivity contribution in [2.24, 2.45) is 0 Å². The summed E-state index contributed by atoms with van der Waals surface area (Å²) in [6, 6.07) is 10.1. The number of esters is 1. The van der Waals surface area contributed by atoms with E-state index >= 15 is 0 Å². The molecular formula is C13H15NO2. The van der Waals surface area contributed by atoms with Crippen molar-refractivity contribution in [1.82, 2.24) is 5.32 Å². The molecule has 1 heterocycles. The Kier molecular flexibility index (Phi) is 3.25. The van der Waals surface area contributed by atoms with E-state index in [9.17, 15) is 4.79 Å². The number of carbonyl (C=O) groups excluding carboxylic acids is 1. The van der Waals surface area contributed by atoms with Gasteiger partial charge in [0.05, 0.1) is 12.7 Å². The van der Waals surface area contributed by atoms with Gasteiger partial charge >= 0.3 is 5.97 Å². The smallest absolute Gasteiger partial charge is 0.335 e. The van der Waals surface area contributed by atoms with Crippen LogP contribution in [0.25, 0.3) is 0 Å². The zero-order valence-electron chi connectivity index (χ0n) is 9.27. The Balaban J connectivity index is 2.29. The van der Waals surface area contributed by atoms with E-state index in [0.717, 1.165) is 13.0 Å². The van der Waals surface area contributed by atoms with Gasteiger partial charge in [0.25, 0.3) is 0 Å². The molecule has 1 aromatic carbocycles. The minimum atomic E-state index is -0.249. The number of methoxy groups -OCH3 is 1. The molecule has 1 atom stereocenters. The van der Waals surface area contributed by atoms with Crippen LogP contribution in [0.1, 0.15) is 17.9 Å². The topological polar surface area (TPSA) is 38.3 Å². The molecule has 3 nitrogen and oxygen atoms in total. The first-order chi connectivity index (χ1) is 7.83. The van der Waals surface area contributed by atoms with Gasteiger partial charge < -0.3 is 10.1 Å². The molecular weight excluding hydrogens is 202 g/mol. The van der Waals surface area contributed by atoms with Crippen LogP contribution in [-0.2, 0) is 9.53 Å². The normalized spacial score (nSPS) is 19.6. The fraction of sp³-hybridized carbons (Fsp3) is 0.308. The number of hydrogen-bond acceptors (Lipinski definition) is 3. The molecule has 84 valence electrons. The van der Waals surface area contributed by atoms with E-state index in [2.05, 4.69) is 5.32 Å². The quantitative estimate of drug-likeness (QED) is 0.768. The Labute approximate surface area is 95.1 Å². The maximum Gasteiger partial charge on any atom is 0.335 e. The summed E-state index contributed by atoms with van der Waals surface area (Å²) in [7, 11) is 1.42. The van der Waals surface area contributed by atoms with Crippen molar-refractivity contribution in [2.45, 2.75) is 12.3 Å². The van der Waals surface area contributed by atoms with Crippen molar-refractivity contribution in [3.63, 3.8) is 0 Å². The zero-order valence-corrected chi connectivity index (χ0v) is 9.27. The summed E-state index contributed by atoms with van der Waals surface area (Å²) in [6.45, 7) is 0.889. The van der Waals surface area contributed by atoms with Crippen LogP contribution < -0.4 is 5.32 Å². The Morgan fingerprint density at radius 1 is 1.38 bits per heavy atom. The number of carbonyl (C=O) groups is 1. The summed E-state index contributed by atoms with van der Waals surface area (Å²) >= 11 is 0. The fourth-order valence-electron chi connectivity index (χ4n) is 2.02. The third-order valence-electron chi connectivity index (χ3n) is 2.83. The predicted molar refractivity (Wildman–Crippen MR) is 61.9 cm³/mol. The fourth-order valence-corrected chi connectivity index (χ4v) is 2.02. The molecule has 1 aliphatic heterocycles. The molecule has 0 aromatic heterocycles. The maximum absolute atomic E-state index is 11.6. The first-order valence-electron chi connectivity index (χ1n) is 5.39. The van der Waals surface area contributed by atoms with Crippen LogP contribution in [0.2, 0.25) is 0 Å². The Morgan fingerprint density at radius 2 is 2.12 bits per heavy atom. The van der Waals surface area contributed by atoms with Gasteiger partial charge in [0, 0.05) is 18.7 Å². The van der Waals surface area contributed by atoms with Gasteiger partial charge in [-0.2, -0.15) is 0 Å². The zero-order chi connectivity index (χ0) is 11.4. The van der Waals surface area contributed by atoms with Crippen molar-refractivity contribution in [3.8, 4) is 0 Å². The van der Waals surface area contributed by atoms with Gasteiger partial charge in [-0.15, -0.1) is 0 Å². The van der Waals surface area contributed by atoms with E-state index in [1.54, 1.807) is 6.20 Å². The minimum Gasteiger partial charge on any atom is -0.466 e. The van der Waals surface area contributed by atoms with Gasteiger partial charge in [0.15, 0.2) is 0 Å². The van der Waals surface area contributed by atoms with E-state index in [-0.39, 0.29) is 11.9 Å². The summed E-state index contributed by atoms with van der Waals surface area (Å²) in [5, 5.41) is 3.09. The van der Waals surface area contributed by atoms with Gasteiger partial charge in [-0.1, -0.05) is 30.3 Å². The van der Waals surface area contributed by atoms with Crippen LogP contribution in [0, 0.1) is 0 Å². The second-order valence-electron chi connectivity index (χ2n) is 3.80. The number of benzene rings is 1. The van der Waals surface area contributed by atoms with Gasteiger partial charge in [0.1, 0.15) is 0 Å². The van der Waals surface area contributed by atoms with Crippen molar-refractivity contribution in [1.29, 1.82) is 0 Å². The molecule has 0 aliphatic carbocycles. The molecule has 0 bridgehead atoms. The SMILES string of the molecule is COC(=O)C1=CNCC[C@@H]1c1ccccc1. The van der Waals surface area contributed by atoms with Gasteiger partial charge in [-0.05, 0) is 12.0 Å². The van der Waals surface area contributed by atoms with Crippen LogP contribution >= 0.6 is 0 Å². The van der Waals surface area contributed by atoms with Crippen LogP contribution in [0.5, 0.6) is 0 Å². The molecule has 1 aliphatic rings. The van der Waals surface area contributed by atoms with Crippen molar-refractivity contribution >= 4 is 5.97 Å². The summed E-state index contributed by atoms with van der Waals surface area (Å²) in [5.41, 5.74) is 1.88. The van der Waals surface area contributed by atoms with E-state index in [1.807, 2.05) is 30.3 Å². The van der Waals surface area contributed by atoms with Crippen molar-refractivity contribution in [2.75, 3.05) is 13.7 Å². The number of nitrogens with one attached hydrogen (secondary N) is 1. The Bertz CT molecular complexity index is 398. The molecule has 0 radical (unpaired) electrons. The number of ether oxygens (including phenoxy) is 1. The molecule has 2 rings (SSSR count). The molecule has 0 unspecified atom stereocenters. The number of hydrogen-bond donors (Lipinski definition) is 1. The van der Waals surface area contributed by atoms with E-state index in [1.165, 1.54) is 12.7 Å². The van der Waals surface area contributed by atoms with E-state index in [0.29, 0.717) is 5.57 Å². The third kappa shape index (κ3) is 2.08. The largest absolute Gasteiger partial charge is 0.466 e. The summed E-state index contributed by atoms with van der Waals surface area (Å²) in [4.78, 5) is 11.6. The summed E-state index contributed by atoms with van der Waals surface area (Å²) < 4.78 is 4.79. The number of rotatable bonds is 2. The standard InChI is InChI=1S/C13H15NO2/c1-16-13(15)12-9-14-8-7-11(12)10-5-3-2-4-6-10/h2-6,9,11,14H,7-8H2,1H3/t11-/m1/s1. The average Bonchev–Trinajstić information content (AvgIpc) is 2.39. The summed E-state index contributed by atoms with van der Waals surface area (Å²) in [5.74, 6) is -0.101. The lowest BCUT2D eigenvalue weighted by Crippen LogP contribution is -2.25. The minimum absolute atomic E-state index is 0.148. The molecule has 0 spiro atoms. The molecule has 0 saturated heterocycles. The maximum atomic E-state index is 11.6. The summed E-state index contributed by atoms with van der Waals surface area (Å²) in [6.07, 6.45) is 2.69. The molecule has 1 N–H and O–H groups in total. The molecule has 3 heteroatoms. The predicted octanol–water partition coefficient (Wildman–Crippen LogP) is 1.82. The van der Waals surface area contributed by atoms with Gasteiger partial charge in [-0.3, -0.25) is 0 Å². The van der Waals surface area contributed by atoms with E-state index < -0.39 is 0 Å². The molecule has 1 aromatic rings. The Morgan fingerprint density at radius 3 is 2.81 bits per heavy atom. The monoisotopic (exact) mass is 217 g/mol. The lowest BCUT2D eigenvalue weighted by atomic mass is 9.87.